The first-order valence-electron chi connectivity index (χ1n) is 10.1. The standard InChI is InChI=1S/C23H33N3O3.HI/c1-4-29-14-6-13-24-23(25-16-19-9-11-21(28-3)12-10-19)26-17-22(27)20-8-5-7-18(2)15-20;/h5,7-12,15,22,27H,4,6,13-14,16-17H2,1-3H3,(H2,24,25,26);1H. The summed E-state index contributed by atoms with van der Waals surface area (Å²) >= 11 is 0. The highest BCUT2D eigenvalue weighted by molar-refractivity contribution is 14.0. The van der Waals surface area contributed by atoms with Gasteiger partial charge >= 0.3 is 0 Å². The van der Waals surface area contributed by atoms with E-state index in [2.05, 4.69) is 15.6 Å². The molecular weight excluding hydrogens is 493 g/mol. The third-order valence-corrected chi connectivity index (χ3v) is 4.43. The number of nitrogens with one attached hydrogen (secondary N) is 2. The molecule has 0 fully saturated rings. The Balaban J connectivity index is 0.00000450. The van der Waals surface area contributed by atoms with E-state index in [1.165, 1.54) is 0 Å². The minimum atomic E-state index is -0.605. The Bertz CT molecular complexity index is 754. The third-order valence-electron chi connectivity index (χ3n) is 4.43. The van der Waals surface area contributed by atoms with Crippen LogP contribution in [0.25, 0.3) is 0 Å². The normalized spacial score (nSPS) is 12.1. The average Bonchev–Trinajstić information content (AvgIpc) is 2.75. The molecule has 30 heavy (non-hydrogen) atoms. The van der Waals surface area contributed by atoms with Crippen molar-refractivity contribution in [3.8, 4) is 5.75 Å². The number of guanidine groups is 1. The number of nitrogens with zero attached hydrogens (tertiary/aromatic N) is 1. The van der Waals surface area contributed by atoms with E-state index in [1.54, 1.807) is 7.11 Å². The highest BCUT2D eigenvalue weighted by Gasteiger charge is 2.09. The fraction of sp³-hybridized carbons (Fsp3) is 0.435. The monoisotopic (exact) mass is 527 g/mol. The summed E-state index contributed by atoms with van der Waals surface area (Å²) in [6.07, 6.45) is 0.281. The molecule has 0 aliphatic rings. The molecule has 2 aromatic carbocycles. The first kappa shape index (κ1) is 26.2. The Morgan fingerprint density at radius 3 is 2.57 bits per heavy atom. The van der Waals surface area contributed by atoms with Crippen LogP contribution >= 0.6 is 24.0 Å². The molecule has 1 atom stereocenters. The summed E-state index contributed by atoms with van der Waals surface area (Å²) in [5, 5.41) is 17.1. The fourth-order valence-electron chi connectivity index (χ4n) is 2.79. The van der Waals surface area contributed by atoms with Gasteiger partial charge < -0.3 is 25.2 Å². The summed E-state index contributed by atoms with van der Waals surface area (Å²) in [7, 11) is 1.65. The Labute approximate surface area is 197 Å². The second-order valence-electron chi connectivity index (χ2n) is 6.80. The number of benzene rings is 2. The van der Waals surface area contributed by atoms with Crippen LogP contribution in [0.2, 0.25) is 0 Å². The summed E-state index contributed by atoms with van der Waals surface area (Å²) < 4.78 is 10.6. The lowest BCUT2D eigenvalue weighted by Crippen LogP contribution is -2.40. The molecule has 0 amide bonds. The van der Waals surface area contributed by atoms with Crippen molar-refractivity contribution in [3.63, 3.8) is 0 Å². The van der Waals surface area contributed by atoms with Crippen LogP contribution in [-0.2, 0) is 11.3 Å². The topological polar surface area (TPSA) is 75.1 Å². The Morgan fingerprint density at radius 1 is 1.13 bits per heavy atom. The zero-order chi connectivity index (χ0) is 20.9. The summed E-state index contributed by atoms with van der Waals surface area (Å²) in [6.45, 7) is 7.10. The molecule has 2 aromatic rings. The molecule has 6 nitrogen and oxygen atoms in total. The van der Waals surface area contributed by atoms with Crippen LogP contribution in [0.5, 0.6) is 5.75 Å². The van der Waals surface area contributed by atoms with E-state index in [0.29, 0.717) is 25.7 Å². The molecular formula is C23H34IN3O3. The van der Waals surface area contributed by atoms with Gasteiger partial charge in [0.15, 0.2) is 5.96 Å². The summed E-state index contributed by atoms with van der Waals surface area (Å²) in [5.74, 6) is 1.50. The molecule has 0 heterocycles. The van der Waals surface area contributed by atoms with E-state index in [9.17, 15) is 5.11 Å². The van der Waals surface area contributed by atoms with Crippen LogP contribution < -0.4 is 15.4 Å². The van der Waals surface area contributed by atoms with Gasteiger partial charge in [0.2, 0.25) is 0 Å². The molecule has 0 saturated heterocycles. The molecule has 3 N–H and O–H groups in total. The van der Waals surface area contributed by atoms with Gasteiger partial charge in [0.05, 0.1) is 19.8 Å². The number of aliphatic imine (C=N–C) groups is 1. The summed E-state index contributed by atoms with van der Waals surface area (Å²) in [6, 6.07) is 15.8. The van der Waals surface area contributed by atoms with E-state index in [-0.39, 0.29) is 24.0 Å². The number of halogens is 1. The van der Waals surface area contributed by atoms with Crippen LogP contribution in [0.3, 0.4) is 0 Å². The van der Waals surface area contributed by atoms with Gasteiger partial charge in [-0.05, 0) is 43.5 Å². The Kier molecular flexibility index (Phi) is 13.1. The average molecular weight is 527 g/mol. The Morgan fingerprint density at radius 2 is 1.90 bits per heavy atom. The molecule has 0 aromatic heterocycles. The van der Waals surface area contributed by atoms with Crippen LogP contribution in [0.15, 0.2) is 53.5 Å². The number of aryl methyl sites for hydroxylation is 1. The van der Waals surface area contributed by atoms with Crippen LogP contribution in [0.1, 0.15) is 36.1 Å². The molecule has 0 spiro atoms. The number of aliphatic hydroxyl groups excluding tert-OH is 1. The lowest BCUT2D eigenvalue weighted by Gasteiger charge is -2.16. The van der Waals surface area contributed by atoms with Gasteiger partial charge in [0.25, 0.3) is 0 Å². The first-order valence-corrected chi connectivity index (χ1v) is 10.1. The maximum absolute atomic E-state index is 10.5. The van der Waals surface area contributed by atoms with Crippen molar-refractivity contribution in [2.45, 2.75) is 32.9 Å². The number of hydrogen-bond acceptors (Lipinski definition) is 4. The van der Waals surface area contributed by atoms with Gasteiger partial charge in [-0.15, -0.1) is 24.0 Å². The molecule has 166 valence electrons. The molecule has 0 bridgehead atoms. The lowest BCUT2D eigenvalue weighted by atomic mass is 10.1. The Hall–Kier alpha value is -1.84. The molecule has 0 aliphatic heterocycles. The highest BCUT2D eigenvalue weighted by atomic mass is 127. The quantitative estimate of drug-likeness (QED) is 0.179. The fourth-order valence-corrected chi connectivity index (χ4v) is 2.79. The molecule has 7 heteroatoms. The maximum Gasteiger partial charge on any atom is 0.191 e. The van der Waals surface area contributed by atoms with E-state index in [4.69, 9.17) is 9.47 Å². The van der Waals surface area contributed by atoms with Gasteiger partial charge in [0, 0.05) is 26.3 Å². The van der Waals surface area contributed by atoms with E-state index in [0.717, 1.165) is 42.0 Å². The summed E-state index contributed by atoms with van der Waals surface area (Å²) in [4.78, 5) is 4.65. The van der Waals surface area contributed by atoms with Gasteiger partial charge in [-0.3, -0.25) is 0 Å². The third kappa shape index (κ3) is 9.77. The number of rotatable bonds is 11. The zero-order valence-corrected chi connectivity index (χ0v) is 20.4. The minimum absolute atomic E-state index is 0. The van der Waals surface area contributed by atoms with Crippen molar-refractivity contribution < 1.29 is 14.6 Å². The van der Waals surface area contributed by atoms with Gasteiger partial charge in [-0.25, -0.2) is 4.99 Å². The van der Waals surface area contributed by atoms with Crippen LogP contribution in [-0.4, -0.2) is 44.5 Å². The molecule has 0 aliphatic carbocycles. The van der Waals surface area contributed by atoms with E-state index >= 15 is 0 Å². The largest absolute Gasteiger partial charge is 0.497 e. The first-order chi connectivity index (χ1) is 14.1. The number of ether oxygens (including phenoxy) is 2. The van der Waals surface area contributed by atoms with Crippen molar-refractivity contribution in [1.29, 1.82) is 0 Å². The second-order valence-corrected chi connectivity index (χ2v) is 6.80. The van der Waals surface area contributed by atoms with Crippen molar-refractivity contribution in [2.24, 2.45) is 4.99 Å². The summed E-state index contributed by atoms with van der Waals surface area (Å²) in [5.41, 5.74) is 3.10. The van der Waals surface area contributed by atoms with Crippen molar-refractivity contribution in [3.05, 3.63) is 65.2 Å². The van der Waals surface area contributed by atoms with Crippen LogP contribution in [0.4, 0.5) is 0 Å². The molecule has 0 radical (unpaired) electrons. The number of methoxy groups -OCH3 is 1. The van der Waals surface area contributed by atoms with Gasteiger partial charge in [-0.2, -0.15) is 0 Å². The minimum Gasteiger partial charge on any atom is -0.497 e. The van der Waals surface area contributed by atoms with Gasteiger partial charge in [0.1, 0.15) is 5.75 Å². The molecule has 0 saturated carbocycles. The number of aliphatic hydroxyl groups is 1. The number of hydrogen-bond donors (Lipinski definition) is 3. The van der Waals surface area contributed by atoms with E-state index < -0.39 is 6.10 Å². The van der Waals surface area contributed by atoms with Crippen molar-refractivity contribution in [1.82, 2.24) is 10.6 Å². The molecule has 1 unspecified atom stereocenters. The van der Waals surface area contributed by atoms with Crippen LogP contribution in [0, 0.1) is 6.92 Å². The molecule has 2 rings (SSSR count). The van der Waals surface area contributed by atoms with E-state index in [1.807, 2.05) is 62.4 Å². The van der Waals surface area contributed by atoms with Crippen molar-refractivity contribution in [2.75, 3.05) is 33.4 Å². The SMILES string of the molecule is CCOCCCNC(=NCc1ccc(OC)cc1)NCC(O)c1cccc(C)c1.I. The second kappa shape index (κ2) is 15.0. The predicted molar refractivity (Wildman–Crippen MR) is 133 cm³/mol. The van der Waals surface area contributed by atoms with Crippen molar-refractivity contribution >= 4 is 29.9 Å². The maximum atomic E-state index is 10.5. The zero-order valence-electron chi connectivity index (χ0n) is 18.1. The highest BCUT2D eigenvalue weighted by Crippen LogP contribution is 2.14. The lowest BCUT2D eigenvalue weighted by molar-refractivity contribution is 0.145. The smallest absolute Gasteiger partial charge is 0.191 e. The van der Waals surface area contributed by atoms with Gasteiger partial charge in [-0.1, -0.05) is 42.0 Å². The predicted octanol–water partition coefficient (Wildman–Crippen LogP) is 3.82.